The Labute approximate surface area is 172 Å². The number of aryl methyl sites for hydroxylation is 2. The zero-order chi connectivity index (χ0) is 20.2. The molecule has 0 atom stereocenters. The molecule has 0 saturated carbocycles. The summed E-state index contributed by atoms with van der Waals surface area (Å²) in [7, 11) is 0. The van der Waals surface area contributed by atoms with E-state index in [4.69, 9.17) is 5.10 Å². The van der Waals surface area contributed by atoms with Crippen LogP contribution in [-0.4, -0.2) is 34.6 Å². The number of aromatic nitrogens is 7. The molecule has 146 valence electrons. The Morgan fingerprint density at radius 1 is 1.10 bits per heavy atom. The van der Waals surface area contributed by atoms with Gasteiger partial charge in [0, 0.05) is 24.3 Å². The van der Waals surface area contributed by atoms with E-state index < -0.39 is 0 Å². The fourth-order valence-electron chi connectivity index (χ4n) is 3.60. The van der Waals surface area contributed by atoms with Crippen molar-refractivity contribution in [3.8, 4) is 10.6 Å². The number of hydrogen-bond donors (Lipinski definition) is 0. The monoisotopic (exact) mass is 403 g/mol. The molecule has 0 aliphatic carbocycles. The molecule has 5 aromatic rings. The summed E-state index contributed by atoms with van der Waals surface area (Å²) < 4.78 is 3.80. The van der Waals surface area contributed by atoms with Crippen LogP contribution in [0.5, 0.6) is 0 Å². The van der Waals surface area contributed by atoms with Gasteiger partial charge in [0.1, 0.15) is 0 Å². The van der Waals surface area contributed by atoms with Crippen LogP contribution in [0.1, 0.15) is 37.9 Å². The fourth-order valence-corrected chi connectivity index (χ4v) is 4.50. The van der Waals surface area contributed by atoms with Crippen molar-refractivity contribution in [1.29, 1.82) is 0 Å². The molecule has 0 saturated heterocycles. The Bertz CT molecular complexity index is 1340. The van der Waals surface area contributed by atoms with E-state index in [2.05, 4.69) is 65.3 Å². The maximum absolute atomic E-state index is 4.85. The molecule has 0 unspecified atom stereocenters. The molecule has 29 heavy (non-hydrogen) atoms. The predicted octanol–water partition coefficient (Wildman–Crippen LogP) is 4.25. The minimum absolute atomic E-state index is 0.364. The van der Waals surface area contributed by atoms with E-state index in [1.165, 1.54) is 11.3 Å². The number of hydrogen-bond acceptors (Lipinski definition) is 6. The molecule has 4 aromatic heterocycles. The van der Waals surface area contributed by atoms with Gasteiger partial charge >= 0.3 is 0 Å². The van der Waals surface area contributed by atoms with E-state index in [0.29, 0.717) is 0 Å². The van der Waals surface area contributed by atoms with Crippen LogP contribution in [-0.2, 0) is 12.0 Å². The Morgan fingerprint density at radius 3 is 2.76 bits per heavy atom. The lowest BCUT2D eigenvalue weighted by atomic mass is 9.83. The Kier molecular flexibility index (Phi) is 3.99. The number of rotatable bonds is 4. The third-order valence-corrected chi connectivity index (χ3v) is 6.31. The first-order valence-corrected chi connectivity index (χ1v) is 10.4. The van der Waals surface area contributed by atoms with Gasteiger partial charge in [-0.05, 0) is 51.5 Å². The van der Waals surface area contributed by atoms with Crippen molar-refractivity contribution < 1.29 is 0 Å². The molecule has 4 heterocycles. The maximum atomic E-state index is 4.85. The SMILES string of the molecule is CCn1cc(-c2nn3c(C(C)(C)c4ccc5ncccc5c4)nnc3s2)c(C)n1. The average molecular weight is 404 g/mol. The normalized spacial score (nSPS) is 12.3. The number of fused-ring (bicyclic) bond motifs is 2. The second-order valence-electron chi connectivity index (χ2n) is 7.64. The van der Waals surface area contributed by atoms with E-state index in [9.17, 15) is 0 Å². The zero-order valence-electron chi connectivity index (χ0n) is 16.8. The van der Waals surface area contributed by atoms with E-state index in [1.807, 2.05) is 34.6 Å². The standard InChI is InChI=1S/C21H21N7S/c1-5-27-12-16(13(2)25-27)18-26-28-19(23-24-20(28)29-18)21(3,4)15-8-9-17-14(11-15)7-6-10-22-17/h6-12H,5H2,1-4H3. The highest BCUT2D eigenvalue weighted by atomic mass is 32.1. The highest BCUT2D eigenvalue weighted by Gasteiger charge is 2.31. The van der Waals surface area contributed by atoms with Crippen LogP contribution in [0.15, 0.2) is 42.7 Å². The minimum atomic E-state index is -0.364. The summed E-state index contributed by atoms with van der Waals surface area (Å²) in [5.41, 5.74) is 3.79. The van der Waals surface area contributed by atoms with Crippen molar-refractivity contribution in [1.82, 2.24) is 34.6 Å². The van der Waals surface area contributed by atoms with Crippen LogP contribution in [0.4, 0.5) is 0 Å². The van der Waals surface area contributed by atoms with Gasteiger partial charge in [-0.15, -0.1) is 10.2 Å². The van der Waals surface area contributed by atoms with E-state index >= 15 is 0 Å². The molecule has 0 aliphatic heterocycles. The molecule has 7 nitrogen and oxygen atoms in total. The molecule has 0 amide bonds. The topological polar surface area (TPSA) is 73.8 Å². The lowest BCUT2D eigenvalue weighted by Gasteiger charge is -2.22. The third-order valence-electron chi connectivity index (χ3n) is 5.38. The quantitative estimate of drug-likeness (QED) is 0.448. The molecule has 8 heteroatoms. The summed E-state index contributed by atoms with van der Waals surface area (Å²) in [5.74, 6) is 0.818. The summed E-state index contributed by atoms with van der Waals surface area (Å²) in [4.78, 5) is 5.21. The number of benzene rings is 1. The Balaban J connectivity index is 1.61. The second-order valence-corrected chi connectivity index (χ2v) is 8.60. The molecular formula is C21H21N7S. The van der Waals surface area contributed by atoms with Crippen molar-refractivity contribution in [3.63, 3.8) is 0 Å². The summed E-state index contributed by atoms with van der Waals surface area (Å²) in [6.45, 7) is 9.23. The average Bonchev–Trinajstić information content (AvgIpc) is 3.40. The minimum Gasteiger partial charge on any atom is -0.272 e. The van der Waals surface area contributed by atoms with E-state index in [1.54, 1.807) is 0 Å². The van der Waals surface area contributed by atoms with Crippen molar-refractivity contribution >= 4 is 27.2 Å². The van der Waals surface area contributed by atoms with Gasteiger partial charge in [0.25, 0.3) is 0 Å². The zero-order valence-corrected chi connectivity index (χ0v) is 17.6. The highest BCUT2D eigenvalue weighted by molar-refractivity contribution is 7.19. The smallest absolute Gasteiger partial charge is 0.235 e. The van der Waals surface area contributed by atoms with Crippen molar-refractivity contribution in [2.75, 3.05) is 0 Å². The molecule has 5 rings (SSSR count). The first-order valence-electron chi connectivity index (χ1n) is 9.60. The molecule has 0 fully saturated rings. The van der Waals surface area contributed by atoms with Crippen LogP contribution >= 0.6 is 11.3 Å². The second kappa shape index (κ2) is 6.45. The summed E-state index contributed by atoms with van der Waals surface area (Å²) in [6.07, 6.45) is 3.86. The third kappa shape index (κ3) is 2.82. The molecule has 0 radical (unpaired) electrons. The molecule has 0 aliphatic rings. The fraction of sp³-hybridized carbons (Fsp3) is 0.286. The van der Waals surface area contributed by atoms with Crippen LogP contribution in [0.2, 0.25) is 0 Å². The summed E-state index contributed by atoms with van der Waals surface area (Å²) in [6, 6.07) is 10.4. The molecule has 0 N–H and O–H groups in total. The van der Waals surface area contributed by atoms with Gasteiger partial charge in [-0.1, -0.05) is 23.5 Å². The number of nitrogens with zero attached hydrogens (tertiary/aromatic N) is 7. The highest BCUT2D eigenvalue weighted by Crippen LogP contribution is 2.34. The van der Waals surface area contributed by atoms with Crippen LogP contribution in [0, 0.1) is 6.92 Å². The van der Waals surface area contributed by atoms with E-state index in [-0.39, 0.29) is 5.41 Å². The van der Waals surface area contributed by atoms with Gasteiger partial charge in [0.15, 0.2) is 10.8 Å². The van der Waals surface area contributed by atoms with E-state index in [0.717, 1.165) is 50.1 Å². The Morgan fingerprint density at radius 2 is 1.97 bits per heavy atom. The van der Waals surface area contributed by atoms with Gasteiger partial charge in [0.05, 0.1) is 22.2 Å². The first-order chi connectivity index (χ1) is 14.0. The lowest BCUT2D eigenvalue weighted by molar-refractivity contribution is 0.570. The van der Waals surface area contributed by atoms with Gasteiger partial charge in [-0.25, -0.2) is 0 Å². The number of pyridine rings is 1. The van der Waals surface area contributed by atoms with Gasteiger partial charge < -0.3 is 0 Å². The molecule has 0 spiro atoms. The lowest BCUT2D eigenvalue weighted by Crippen LogP contribution is -2.23. The molecule has 1 aromatic carbocycles. The van der Waals surface area contributed by atoms with Crippen molar-refractivity contribution in [3.05, 3.63) is 59.8 Å². The first kappa shape index (κ1) is 17.9. The van der Waals surface area contributed by atoms with Gasteiger partial charge in [-0.3, -0.25) is 9.67 Å². The van der Waals surface area contributed by atoms with Crippen LogP contribution in [0.25, 0.3) is 26.4 Å². The van der Waals surface area contributed by atoms with Crippen molar-refractivity contribution in [2.45, 2.75) is 39.7 Å². The summed E-state index contributed by atoms with van der Waals surface area (Å²) in [5, 5.41) is 20.3. The predicted molar refractivity (Wildman–Crippen MR) is 114 cm³/mol. The Hall–Kier alpha value is -3.13. The van der Waals surface area contributed by atoms with Gasteiger partial charge in [0.2, 0.25) is 4.96 Å². The van der Waals surface area contributed by atoms with Crippen LogP contribution < -0.4 is 0 Å². The summed E-state index contributed by atoms with van der Waals surface area (Å²) >= 11 is 1.54. The van der Waals surface area contributed by atoms with Crippen molar-refractivity contribution in [2.24, 2.45) is 0 Å². The maximum Gasteiger partial charge on any atom is 0.235 e. The van der Waals surface area contributed by atoms with Crippen LogP contribution in [0.3, 0.4) is 0 Å². The molecular weight excluding hydrogens is 382 g/mol. The molecule has 0 bridgehead atoms. The largest absolute Gasteiger partial charge is 0.272 e. The van der Waals surface area contributed by atoms with Gasteiger partial charge in [-0.2, -0.15) is 14.7 Å².